The van der Waals surface area contributed by atoms with E-state index in [4.69, 9.17) is 26.8 Å². The predicted molar refractivity (Wildman–Crippen MR) is 335 cm³/mol. The van der Waals surface area contributed by atoms with Gasteiger partial charge in [-0.1, -0.05) is 36.4 Å². The van der Waals surface area contributed by atoms with Gasteiger partial charge < -0.3 is 39.3 Å². The minimum absolute atomic E-state index is 0. The molecule has 9 rings (SSSR count). The first-order chi connectivity index (χ1) is 37.9. The van der Waals surface area contributed by atoms with Gasteiger partial charge in [-0.2, -0.15) is 39.5 Å². The maximum absolute atomic E-state index is 12.5. The fourth-order valence-corrected chi connectivity index (χ4v) is 8.93. The van der Waals surface area contributed by atoms with Gasteiger partial charge in [0, 0.05) is 91.1 Å². The fourth-order valence-electron chi connectivity index (χ4n) is 6.51. The molecule has 9 aromatic rings. The number of nitrogens with one attached hydrogen (secondary N) is 4. The van der Waals surface area contributed by atoms with Gasteiger partial charge in [-0.25, -0.2) is 9.97 Å². The summed E-state index contributed by atoms with van der Waals surface area (Å²) < 4.78 is 149. The Balaban J connectivity index is 0.000000377. The van der Waals surface area contributed by atoms with Crippen molar-refractivity contribution < 1.29 is 99.1 Å². The zero-order chi connectivity index (χ0) is 59.2. The number of alkyl halides is 9. The molecule has 1 radical (unpaired) electrons. The molecule has 15 nitrogen and oxygen atoms in total. The predicted octanol–water partition coefficient (Wildman–Crippen LogP) is 12.2. The van der Waals surface area contributed by atoms with Gasteiger partial charge in [0.05, 0.1) is 89.9 Å². The monoisotopic (exact) mass is 1920 g/mol. The number of imidazole rings is 3. The van der Waals surface area contributed by atoms with Crippen LogP contribution in [0.25, 0.3) is 33.1 Å². The fraction of sp³-hybridized carbons (Fsp3) is 0.250. The summed E-state index contributed by atoms with van der Waals surface area (Å²) in [5.74, 6) is 0.281. The number of aromatic nitrogens is 9. The molecular formula is C48H45F9I6N9O6S3V-. The van der Waals surface area contributed by atoms with E-state index < -0.39 is 59.9 Å². The van der Waals surface area contributed by atoms with Crippen molar-refractivity contribution in [1.29, 1.82) is 0 Å². The van der Waals surface area contributed by atoms with Crippen molar-refractivity contribution >= 4 is 165 Å². The Hall–Kier alpha value is -2.27. The number of hydrogen-bond donors (Lipinski definition) is 5. The Kier molecular flexibility index (Phi) is 34.6. The molecule has 2 unspecified atom stereocenters. The standard InChI is InChI=1S/2C16H14F3N3O2S.C9H10F3NO2.C7H6N2S.I3.I2.HI.V/c2*1-10-13(20-7-6-14(10)24-9-16(17,18)19)8-25(23)15-21-11-4-2-3-5-12(11)22-15;1-6-7(4-14)13-3-2-8(6)15-5-9(10,11)12;10-7-8-5-3-1-2-4-6(5)9-7;1-3-2;1-2;;/h2*2-7H,8-9H2,1H3,(H,21,22);2-3,14H,4-5H2,1H3;1-4H,(H2,8,9,10);;;1H;/q;;;;-1;;;. The Bertz CT molecular complexity index is 3260. The molecule has 0 spiro atoms. The Morgan fingerprint density at radius 1 is 0.537 bits per heavy atom. The molecule has 0 aliphatic rings. The molecule has 82 heavy (non-hydrogen) atoms. The van der Waals surface area contributed by atoms with Crippen LogP contribution in [0.4, 0.5) is 39.5 Å². The zero-order valence-electron chi connectivity index (χ0n) is 42.2. The molecule has 2 atom stereocenters. The number of fused-ring (bicyclic) bond motifs is 3. The molecule has 0 bridgehead atoms. The maximum Gasteiger partial charge on any atom is 0.175 e. The van der Waals surface area contributed by atoms with Gasteiger partial charge in [-0.05, 0) is 87.6 Å². The number of pyridine rings is 3. The third-order valence-corrected chi connectivity index (χ3v) is 12.8. The average Bonchev–Trinajstić information content (AvgIpc) is 4.22. The number of para-hydroxylation sites is 6. The number of benzene rings is 3. The minimum Gasteiger partial charge on any atom is -0.331 e. The van der Waals surface area contributed by atoms with E-state index in [-0.39, 0.29) is 77.9 Å². The maximum atomic E-state index is 12.5. The molecule has 0 saturated carbocycles. The smallest absolute Gasteiger partial charge is 0.175 e. The number of H-pyrrole nitrogens is 4. The normalized spacial score (nSPS) is 11.7. The summed E-state index contributed by atoms with van der Waals surface area (Å²) in [6.45, 7) is 0.281. The molecule has 0 amide bonds. The SMILES string of the molecule is Cc1c(OCC(F)(F)F)ccnc1CO.Cc1c(OCC(F)(F)F)ccnc1CS(=O)c1nc2ccccc2[nH]1.Cc1c(OCC(F)(F)F)ccnc1CS(=O)c1nc2ccccc2[nH]1.I.II.I[I-]I.S=c1[nH]c2ccccc2[nH]1.[V]. The van der Waals surface area contributed by atoms with Crippen LogP contribution in [0.5, 0.6) is 17.2 Å². The topological polar surface area (TPSA) is 210 Å². The van der Waals surface area contributed by atoms with Crippen LogP contribution in [0, 0.1) is 25.5 Å². The van der Waals surface area contributed by atoms with E-state index in [0.29, 0.717) is 73.1 Å². The summed E-state index contributed by atoms with van der Waals surface area (Å²) in [4.78, 5) is 32.5. The average molecular weight is 1920 g/mol. The summed E-state index contributed by atoms with van der Waals surface area (Å²) in [5, 5.41) is 9.42. The molecule has 5 N–H and O–H groups in total. The number of nitrogens with zero attached hydrogens (tertiary/aromatic N) is 5. The largest absolute Gasteiger partial charge is 0.331 e. The number of hydrogen-bond acceptors (Lipinski definition) is 12. The van der Waals surface area contributed by atoms with E-state index in [1.165, 1.54) is 36.8 Å². The second kappa shape index (κ2) is 37.4. The van der Waals surface area contributed by atoms with Crippen molar-refractivity contribution in [2.75, 3.05) is 19.8 Å². The third-order valence-electron chi connectivity index (χ3n) is 10.2. The summed E-state index contributed by atoms with van der Waals surface area (Å²) >= 11 is 14.4. The number of aromatic amines is 4. The molecule has 34 heteroatoms. The van der Waals surface area contributed by atoms with E-state index in [0.717, 1.165) is 22.1 Å². The van der Waals surface area contributed by atoms with Crippen molar-refractivity contribution in [2.24, 2.45) is 0 Å². The van der Waals surface area contributed by atoms with Gasteiger partial charge >= 0.3 is 69.0 Å². The van der Waals surface area contributed by atoms with Crippen molar-refractivity contribution in [3.63, 3.8) is 0 Å². The van der Waals surface area contributed by atoms with Gasteiger partial charge in [0.15, 0.2) is 34.9 Å². The van der Waals surface area contributed by atoms with Gasteiger partial charge in [0.2, 0.25) is 0 Å². The molecule has 6 heterocycles. The third kappa shape index (κ3) is 26.0. The van der Waals surface area contributed by atoms with Crippen molar-refractivity contribution in [3.05, 3.63) is 148 Å². The molecule has 447 valence electrons. The van der Waals surface area contributed by atoms with Crippen LogP contribution in [-0.2, 0) is 58.3 Å². The van der Waals surface area contributed by atoms with Crippen molar-refractivity contribution in [1.82, 2.24) is 44.9 Å². The Morgan fingerprint density at radius 3 is 1.13 bits per heavy atom. The van der Waals surface area contributed by atoms with Crippen LogP contribution in [0.1, 0.15) is 33.8 Å². The summed E-state index contributed by atoms with van der Waals surface area (Å²) in [5.41, 5.74) is 7.43. The summed E-state index contributed by atoms with van der Waals surface area (Å²) in [6.07, 6.45) is -9.24. The van der Waals surface area contributed by atoms with Gasteiger partial charge in [-0.15, -0.1) is 24.0 Å². The van der Waals surface area contributed by atoms with E-state index in [9.17, 15) is 47.9 Å². The molecule has 0 aliphatic carbocycles. The van der Waals surface area contributed by atoms with Crippen molar-refractivity contribution in [3.8, 4) is 17.2 Å². The first-order valence-electron chi connectivity index (χ1n) is 22.3. The number of rotatable bonds is 13. The second-order valence-corrected chi connectivity index (χ2v) is 35.2. The van der Waals surface area contributed by atoms with Crippen LogP contribution in [0.2, 0.25) is 0 Å². The van der Waals surface area contributed by atoms with E-state index in [1.807, 2.05) is 60.7 Å². The molecule has 0 aliphatic heterocycles. The van der Waals surface area contributed by atoms with E-state index >= 15 is 0 Å². The van der Waals surface area contributed by atoms with E-state index in [2.05, 4.69) is 124 Å². The van der Waals surface area contributed by atoms with Gasteiger partial charge in [0.25, 0.3) is 0 Å². The van der Waals surface area contributed by atoms with Crippen LogP contribution in [0.3, 0.4) is 0 Å². The molecule has 0 fully saturated rings. The quantitative estimate of drug-likeness (QED) is 0.0415. The molecular weight excluding hydrogens is 1880 g/mol. The molecule has 6 aromatic heterocycles. The molecule has 3 aromatic carbocycles. The number of aliphatic hydroxyl groups is 1. The first kappa shape index (κ1) is 75.8. The summed E-state index contributed by atoms with van der Waals surface area (Å²) in [6, 6.07) is 26.5. The van der Waals surface area contributed by atoms with Crippen LogP contribution in [-0.4, -0.2) is 96.7 Å². The van der Waals surface area contributed by atoms with Crippen molar-refractivity contribution in [2.45, 2.75) is 67.7 Å². The van der Waals surface area contributed by atoms with Crippen LogP contribution in [0.15, 0.2) is 120 Å². The van der Waals surface area contributed by atoms with Gasteiger partial charge in [0.1, 0.15) is 17.2 Å². The summed E-state index contributed by atoms with van der Waals surface area (Å²) in [7, 11) is -3.03. The minimum atomic E-state index is -4.42. The Labute approximate surface area is 555 Å². The number of halogens is 15. The first-order valence-corrected chi connectivity index (χ1v) is 44.2. The Morgan fingerprint density at radius 2 is 0.829 bits per heavy atom. The number of aliphatic hydroxyl groups excluding tert-OH is 1. The molecule has 0 saturated heterocycles. The second-order valence-electron chi connectivity index (χ2n) is 15.8. The van der Waals surface area contributed by atoms with E-state index in [1.54, 1.807) is 32.9 Å². The van der Waals surface area contributed by atoms with Crippen LogP contribution >= 0.6 is 111 Å². The van der Waals surface area contributed by atoms with Gasteiger partial charge in [-0.3, -0.25) is 23.4 Å². The zero-order valence-corrected chi connectivity index (χ0v) is 59.2. The number of ether oxygens (including phenoxy) is 3. The van der Waals surface area contributed by atoms with Crippen LogP contribution < -0.4 is 27.5 Å².